The highest BCUT2D eigenvalue weighted by atomic mass is 32.2. The van der Waals surface area contributed by atoms with Crippen LogP contribution < -0.4 is 35.6 Å². The van der Waals surface area contributed by atoms with E-state index >= 15 is 0 Å². The average Bonchev–Trinajstić information content (AvgIpc) is 3.31. The molecular formula is C43H51N9O8S2. The molecule has 0 aliphatic carbocycles. The molecule has 328 valence electrons. The molecule has 0 bridgehead atoms. The third kappa shape index (κ3) is 12.2. The van der Waals surface area contributed by atoms with Crippen LogP contribution in [0.15, 0.2) is 126 Å². The van der Waals surface area contributed by atoms with Crippen molar-refractivity contribution in [2.75, 3.05) is 69.0 Å². The van der Waals surface area contributed by atoms with Crippen molar-refractivity contribution in [3.05, 3.63) is 127 Å². The topological polar surface area (TPSA) is 204 Å². The number of nitrogens with zero attached hydrogens (tertiary/aromatic N) is 5. The molecule has 0 atom stereocenters. The second-order valence-electron chi connectivity index (χ2n) is 14.3. The molecule has 0 radical (unpaired) electrons. The monoisotopic (exact) mass is 885 g/mol. The standard InChI is InChI=1S/C25H29N5O5S.C18H22N4O3S/c1-34-21-7-10-23(24(16-21)35-2)29-12-14-30(15-13-29)36(32,33)22-8-5-20(6-9-22)28-25(31)27-18-19-4-3-11-26-17-19;23-18(21-16-5-4-10-19-14-16)20-13-15-6-8-17(9-7-15)26(24,25)22-11-2-1-3-12-22/h3-11,16-17H,12-15,18H2,1-2H3,(H2,27,28,31);4-10,14H,1-3,11-13H2,(H2,20,21,23). The Balaban J connectivity index is 0.000000218. The predicted molar refractivity (Wildman–Crippen MR) is 236 cm³/mol. The van der Waals surface area contributed by atoms with Gasteiger partial charge in [-0.1, -0.05) is 24.6 Å². The smallest absolute Gasteiger partial charge is 0.319 e. The van der Waals surface area contributed by atoms with Crippen molar-refractivity contribution in [2.45, 2.75) is 42.1 Å². The molecule has 2 aliphatic rings. The Kier molecular flexibility index (Phi) is 15.7. The summed E-state index contributed by atoms with van der Waals surface area (Å²) < 4.78 is 65.4. The number of benzene rings is 3. The van der Waals surface area contributed by atoms with Gasteiger partial charge in [0.1, 0.15) is 11.5 Å². The summed E-state index contributed by atoms with van der Waals surface area (Å²) in [6, 6.07) is 24.8. The Labute approximate surface area is 362 Å². The third-order valence-electron chi connectivity index (χ3n) is 10.1. The lowest BCUT2D eigenvalue weighted by atomic mass is 10.2. The number of rotatable bonds is 13. The number of pyridine rings is 2. The van der Waals surface area contributed by atoms with E-state index in [1.807, 2.05) is 24.3 Å². The van der Waals surface area contributed by atoms with Crippen molar-refractivity contribution in [1.29, 1.82) is 0 Å². The fourth-order valence-electron chi connectivity index (χ4n) is 6.76. The maximum atomic E-state index is 13.2. The molecule has 5 aromatic rings. The second-order valence-corrected chi connectivity index (χ2v) is 18.2. The predicted octanol–water partition coefficient (Wildman–Crippen LogP) is 5.51. The first kappa shape index (κ1) is 45.3. The van der Waals surface area contributed by atoms with Gasteiger partial charge in [0.05, 0.1) is 41.6 Å². The summed E-state index contributed by atoms with van der Waals surface area (Å²) >= 11 is 0. The molecule has 62 heavy (non-hydrogen) atoms. The normalized spacial score (nSPS) is 14.7. The fourth-order valence-corrected chi connectivity index (χ4v) is 9.70. The maximum Gasteiger partial charge on any atom is 0.319 e. The van der Waals surface area contributed by atoms with Crippen LogP contribution in [0.1, 0.15) is 30.4 Å². The van der Waals surface area contributed by atoms with Crippen LogP contribution in [0.25, 0.3) is 0 Å². The number of urea groups is 2. The van der Waals surface area contributed by atoms with Gasteiger partial charge >= 0.3 is 12.1 Å². The Morgan fingerprint density at radius 1 is 0.597 bits per heavy atom. The van der Waals surface area contributed by atoms with Crippen LogP contribution in [-0.4, -0.2) is 101 Å². The van der Waals surface area contributed by atoms with Gasteiger partial charge in [-0.25, -0.2) is 26.4 Å². The second kappa shape index (κ2) is 21.5. The zero-order valence-electron chi connectivity index (χ0n) is 34.6. The number of ether oxygens (including phenoxy) is 2. The summed E-state index contributed by atoms with van der Waals surface area (Å²) in [5, 5.41) is 10.9. The van der Waals surface area contributed by atoms with E-state index in [1.54, 1.807) is 97.9 Å². The van der Waals surface area contributed by atoms with Crippen LogP contribution in [0.5, 0.6) is 11.5 Å². The lowest BCUT2D eigenvalue weighted by Gasteiger charge is -2.36. The lowest BCUT2D eigenvalue weighted by molar-refractivity contribution is 0.251. The molecule has 2 fully saturated rings. The van der Waals surface area contributed by atoms with Crippen LogP contribution in [-0.2, 0) is 33.1 Å². The summed E-state index contributed by atoms with van der Waals surface area (Å²) in [5.41, 5.74) is 3.69. The first-order valence-corrected chi connectivity index (χ1v) is 22.9. The molecule has 4 amide bonds. The van der Waals surface area contributed by atoms with Crippen molar-refractivity contribution in [3.63, 3.8) is 0 Å². The summed E-state index contributed by atoms with van der Waals surface area (Å²) in [4.78, 5) is 34.5. The molecule has 3 aromatic carbocycles. The van der Waals surface area contributed by atoms with Crippen LogP contribution in [0.3, 0.4) is 0 Å². The van der Waals surface area contributed by atoms with E-state index < -0.39 is 20.0 Å². The molecule has 2 aliphatic heterocycles. The molecule has 2 saturated heterocycles. The molecule has 19 heteroatoms. The van der Waals surface area contributed by atoms with Crippen LogP contribution in [0.4, 0.5) is 26.7 Å². The highest BCUT2D eigenvalue weighted by molar-refractivity contribution is 7.89. The number of carbonyl (C=O) groups excluding carboxylic acids is 2. The van der Waals surface area contributed by atoms with Gasteiger partial charge in [-0.3, -0.25) is 9.97 Å². The Hall–Kier alpha value is -6.28. The molecule has 0 spiro atoms. The van der Waals surface area contributed by atoms with Crippen molar-refractivity contribution >= 4 is 49.2 Å². The summed E-state index contributed by atoms with van der Waals surface area (Å²) in [6.07, 6.45) is 9.42. The number of piperazine rings is 1. The number of piperidine rings is 1. The van der Waals surface area contributed by atoms with Crippen molar-refractivity contribution in [3.8, 4) is 11.5 Å². The minimum absolute atomic E-state index is 0.180. The van der Waals surface area contributed by atoms with Gasteiger partial charge in [0.15, 0.2) is 0 Å². The van der Waals surface area contributed by atoms with Gasteiger partial charge in [0.25, 0.3) is 0 Å². The number of nitrogens with one attached hydrogen (secondary N) is 4. The molecule has 2 aromatic heterocycles. The fraction of sp³-hybridized carbons (Fsp3) is 0.302. The largest absolute Gasteiger partial charge is 0.497 e. The highest BCUT2D eigenvalue weighted by Gasteiger charge is 2.30. The molecule has 0 unspecified atom stereocenters. The Morgan fingerprint density at radius 2 is 1.16 bits per heavy atom. The van der Waals surface area contributed by atoms with E-state index in [4.69, 9.17) is 9.47 Å². The summed E-state index contributed by atoms with van der Waals surface area (Å²) in [6.45, 7) is 3.54. The van der Waals surface area contributed by atoms with Gasteiger partial charge in [0.2, 0.25) is 20.0 Å². The van der Waals surface area contributed by atoms with E-state index in [-0.39, 0.29) is 17.0 Å². The number of hydrogen-bond acceptors (Lipinski definition) is 11. The number of methoxy groups -OCH3 is 2. The van der Waals surface area contributed by atoms with Crippen LogP contribution in [0.2, 0.25) is 0 Å². The number of anilines is 3. The zero-order chi connectivity index (χ0) is 44.0. The van der Waals surface area contributed by atoms with Gasteiger partial charge in [-0.15, -0.1) is 0 Å². The summed E-state index contributed by atoms with van der Waals surface area (Å²) in [5.74, 6) is 1.37. The first-order chi connectivity index (χ1) is 30.0. The SMILES string of the molecule is COc1ccc(N2CCN(S(=O)(=O)c3ccc(NC(=O)NCc4cccnc4)cc3)CC2)c(OC)c1.O=C(NCc1ccc(S(=O)(=O)N2CCCCC2)cc1)Nc1cccnc1. The third-order valence-corrected chi connectivity index (χ3v) is 14.0. The number of aromatic nitrogens is 2. The van der Waals surface area contributed by atoms with Crippen LogP contribution >= 0.6 is 0 Å². The molecule has 4 heterocycles. The molecule has 17 nitrogen and oxygen atoms in total. The Morgan fingerprint density at radius 3 is 1.73 bits per heavy atom. The quantitative estimate of drug-likeness (QED) is 0.116. The number of sulfonamides is 2. The van der Waals surface area contributed by atoms with Gasteiger partial charge in [-0.2, -0.15) is 8.61 Å². The van der Waals surface area contributed by atoms with Gasteiger partial charge in [-0.05, 0) is 90.7 Å². The van der Waals surface area contributed by atoms with E-state index in [0.717, 1.165) is 36.1 Å². The zero-order valence-corrected chi connectivity index (χ0v) is 36.2. The highest BCUT2D eigenvalue weighted by Crippen LogP contribution is 2.33. The average molecular weight is 886 g/mol. The minimum Gasteiger partial charge on any atom is -0.497 e. The molecule has 0 saturated carbocycles. The summed E-state index contributed by atoms with van der Waals surface area (Å²) in [7, 11) is -3.89. The lowest BCUT2D eigenvalue weighted by Crippen LogP contribution is -2.48. The van der Waals surface area contributed by atoms with Crippen LogP contribution in [0, 0.1) is 0 Å². The van der Waals surface area contributed by atoms with Crippen molar-refractivity contribution < 1.29 is 35.9 Å². The molecule has 4 N–H and O–H groups in total. The Bertz CT molecular complexity index is 2450. The minimum atomic E-state index is -3.67. The van der Waals surface area contributed by atoms with E-state index in [1.165, 1.54) is 16.4 Å². The molecule has 7 rings (SSSR count). The maximum absolute atomic E-state index is 13.2. The molecular weight excluding hydrogens is 835 g/mol. The van der Waals surface area contributed by atoms with E-state index in [9.17, 15) is 26.4 Å². The number of amides is 4. The van der Waals surface area contributed by atoms with E-state index in [0.29, 0.717) is 80.1 Å². The first-order valence-electron chi connectivity index (χ1n) is 20.0. The van der Waals surface area contributed by atoms with Crippen molar-refractivity contribution in [2.24, 2.45) is 0 Å². The van der Waals surface area contributed by atoms with Gasteiger partial charge < -0.3 is 35.6 Å². The van der Waals surface area contributed by atoms with Crippen molar-refractivity contribution in [1.82, 2.24) is 29.2 Å². The van der Waals surface area contributed by atoms with Gasteiger partial charge in [0, 0.05) is 82.7 Å². The van der Waals surface area contributed by atoms with E-state index in [2.05, 4.69) is 36.1 Å². The number of hydrogen-bond donors (Lipinski definition) is 4. The number of carbonyl (C=O) groups is 2.